The number of ether oxygens (including phenoxy) is 1. The van der Waals surface area contributed by atoms with Crippen LogP contribution in [0, 0.1) is 0 Å². The summed E-state index contributed by atoms with van der Waals surface area (Å²) in [7, 11) is 1.98. The van der Waals surface area contributed by atoms with Gasteiger partial charge in [0.05, 0.1) is 13.2 Å². The smallest absolute Gasteiger partial charge is 0.234 e. The molecule has 1 rings (SSSR count). The summed E-state index contributed by atoms with van der Waals surface area (Å²) >= 11 is 0. The van der Waals surface area contributed by atoms with E-state index < -0.39 is 0 Å². The van der Waals surface area contributed by atoms with Crippen LogP contribution in [-0.4, -0.2) is 63.3 Å². The maximum Gasteiger partial charge on any atom is 0.234 e. The molecule has 5 nitrogen and oxygen atoms in total. The van der Waals surface area contributed by atoms with E-state index in [1.807, 2.05) is 14.0 Å². The third-order valence-corrected chi connectivity index (χ3v) is 3.05. The number of carbonyl (C=O) groups excluding carboxylic acids is 1. The van der Waals surface area contributed by atoms with Crippen molar-refractivity contribution in [1.29, 1.82) is 0 Å². The molecular formula is C12H25N3O2. The van der Waals surface area contributed by atoms with E-state index in [0.29, 0.717) is 32.3 Å². The fraction of sp³-hybridized carbons (Fsp3) is 0.917. The zero-order chi connectivity index (χ0) is 12.5. The molecule has 0 radical (unpaired) electrons. The lowest BCUT2D eigenvalue weighted by atomic mass is 10.1. The molecule has 1 saturated heterocycles. The van der Waals surface area contributed by atoms with Gasteiger partial charge in [-0.3, -0.25) is 9.69 Å². The van der Waals surface area contributed by atoms with Gasteiger partial charge in [0, 0.05) is 25.7 Å². The van der Waals surface area contributed by atoms with Gasteiger partial charge < -0.3 is 15.4 Å². The van der Waals surface area contributed by atoms with Crippen LogP contribution in [0.1, 0.15) is 19.8 Å². The van der Waals surface area contributed by atoms with Crippen molar-refractivity contribution in [2.24, 2.45) is 0 Å². The quantitative estimate of drug-likeness (QED) is 0.609. The van der Waals surface area contributed by atoms with Crippen LogP contribution >= 0.6 is 0 Å². The van der Waals surface area contributed by atoms with Crippen LogP contribution in [-0.2, 0) is 9.53 Å². The van der Waals surface area contributed by atoms with Crippen LogP contribution in [0.15, 0.2) is 0 Å². The minimum absolute atomic E-state index is 0.0986. The summed E-state index contributed by atoms with van der Waals surface area (Å²) in [4.78, 5) is 13.8. The first-order valence-electron chi connectivity index (χ1n) is 6.50. The van der Waals surface area contributed by atoms with E-state index in [9.17, 15) is 4.79 Å². The SMILES string of the molecule is CCOCCNC(=O)CN1CCCC(NC)C1. The van der Waals surface area contributed by atoms with Crippen LogP contribution in [0.4, 0.5) is 0 Å². The highest BCUT2D eigenvalue weighted by molar-refractivity contribution is 5.78. The number of likely N-dealkylation sites (tertiary alicyclic amines) is 1. The number of nitrogens with one attached hydrogen (secondary N) is 2. The average molecular weight is 243 g/mol. The van der Waals surface area contributed by atoms with Gasteiger partial charge in [0.15, 0.2) is 0 Å². The first-order chi connectivity index (χ1) is 8.26. The van der Waals surface area contributed by atoms with Crippen molar-refractivity contribution in [3.05, 3.63) is 0 Å². The summed E-state index contributed by atoms with van der Waals surface area (Å²) < 4.78 is 5.17. The average Bonchev–Trinajstić information content (AvgIpc) is 2.35. The largest absolute Gasteiger partial charge is 0.380 e. The second-order valence-electron chi connectivity index (χ2n) is 4.41. The molecule has 1 heterocycles. The molecule has 100 valence electrons. The van der Waals surface area contributed by atoms with E-state index in [-0.39, 0.29) is 5.91 Å². The maximum atomic E-state index is 11.6. The Hall–Kier alpha value is -0.650. The number of nitrogens with zero attached hydrogens (tertiary/aromatic N) is 1. The Morgan fingerprint density at radius 3 is 3.06 bits per heavy atom. The van der Waals surface area contributed by atoms with E-state index in [2.05, 4.69) is 15.5 Å². The topological polar surface area (TPSA) is 53.6 Å². The Kier molecular flexibility index (Phi) is 7.16. The lowest BCUT2D eigenvalue weighted by Gasteiger charge is -2.31. The zero-order valence-corrected chi connectivity index (χ0v) is 11.0. The number of carbonyl (C=O) groups is 1. The highest BCUT2D eigenvalue weighted by atomic mass is 16.5. The Labute approximate surface area is 104 Å². The van der Waals surface area contributed by atoms with Crippen molar-refractivity contribution < 1.29 is 9.53 Å². The Morgan fingerprint density at radius 2 is 2.35 bits per heavy atom. The summed E-state index contributed by atoms with van der Waals surface area (Å²) in [5.41, 5.74) is 0. The fourth-order valence-electron chi connectivity index (χ4n) is 2.10. The van der Waals surface area contributed by atoms with Crippen molar-refractivity contribution >= 4 is 5.91 Å². The number of rotatable bonds is 7. The highest BCUT2D eigenvalue weighted by Gasteiger charge is 2.19. The summed E-state index contributed by atoms with van der Waals surface area (Å²) in [6.07, 6.45) is 2.37. The monoisotopic (exact) mass is 243 g/mol. The lowest BCUT2D eigenvalue weighted by molar-refractivity contribution is -0.122. The molecule has 1 unspecified atom stereocenters. The molecule has 1 aliphatic heterocycles. The van der Waals surface area contributed by atoms with Gasteiger partial charge in [-0.25, -0.2) is 0 Å². The van der Waals surface area contributed by atoms with Gasteiger partial charge in [-0.15, -0.1) is 0 Å². The third-order valence-electron chi connectivity index (χ3n) is 3.05. The van der Waals surface area contributed by atoms with Crippen molar-refractivity contribution in [2.75, 3.05) is 46.4 Å². The lowest BCUT2D eigenvalue weighted by Crippen LogP contribution is -2.48. The number of piperidine rings is 1. The predicted molar refractivity (Wildman–Crippen MR) is 68.0 cm³/mol. The predicted octanol–water partition coefficient (Wildman–Crippen LogP) is -0.177. The first-order valence-corrected chi connectivity index (χ1v) is 6.50. The summed E-state index contributed by atoms with van der Waals surface area (Å²) in [5, 5.41) is 6.15. The van der Waals surface area contributed by atoms with Crippen molar-refractivity contribution in [3.63, 3.8) is 0 Å². The zero-order valence-electron chi connectivity index (χ0n) is 11.0. The molecule has 17 heavy (non-hydrogen) atoms. The second-order valence-corrected chi connectivity index (χ2v) is 4.41. The molecule has 0 aromatic heterocycles. The van der Waals surface area contributed by atoms with Crippen LogP contribution in [0.3, 0.4) is 0 Å². The van der Waals surface area contributed by atoms with Crippen LogP contribution in [0.25, 0.3) is 0 Å². The number of amides is 1. The molecule has 1 aliphatic rings. The van der Waals surface area contributed by atoms with Gasteiger partial charge in [-0.1, -0.05) is 0 Å². The van der Waals surface area contributed by atoms with E-state index >= 15 is 0 Å². The molecule has 0 aliphatic carbocycles. The summed E-state index contributed by atoms with van der Waals surface area (Å²) in [6, 6.07) is 0.528. The fourth-order valence-corrected chi connectivity index (χ4v) is 2.10. The minimum Gasteiger partial charge on any atom is -0.380 e. The third kappa shape index (κ3) is 6.00. The van der Waals surface area contributed by atoms with E-state index in [1.165, 1.54) is 6.42 Å². The van der Waals surface area contributed by atoms with Gasteiger partial charge in [-0.05, 0) is 33.4 Å². The molecular weight excluding hydrogens is 218 g/mol. The van der Waals surface area contributed by atoms with E-state index in [4.69, 9.17) is 4.74 Å². The van der Waals surface area contributed by atoms with Gasteiger partial charge in [-0.2, -0.15) is 0 Å². The van der Waals surface area contributed by atoms with Crippen molar-refractivity contribution in [1.82, 2.24) is 15.5 Å². The van der Waals surface area contributed by atoms with E-state index in [0.717, 1.165) is 19.5 Å². The summed E-state index contributed by atoms with van der Waals surface area (Å²) in [6.45, 7) is 6.35. The Balaban J connectivity index is 2.12. The molecule has 0 bridgehead atoms. The maximum absolute atomic E-state index is 11.6. The molecule has 0 saturated carbocycles. The second kappa shape index (κ2) is 8.44. The molecule has 2 N–H and O–H groups in total. The standard InChI is InChI=1S/C12H25N3O2/c1-3-17-8-6-14-12(16)10-15-7-4-5-11(9-15)13-2/h11,13H,3-10H2,1-2H3,(H,14,16). The van der Waals surface area contributed by atoms with E-state index in [1.54, 1.807) is 0 Å². The minimum atomic E-state index is 0.0986. The Bertz CT molecular complexity index is 224. The highest BCUT2D eigenvalue weighted by Crippen LogP contribution is 2.08. The van der Waals surface area contributed by atoms with Crippen molar-refractivity contribution in [2.45, 2.75) is 25.8 Å². The molecule has 1 amide bonds. The van der Waals surface area contributed by atoms with Gasteiger partial charge in [0.1, 0.15) is 0 Å². The Morgan fingerprint density at radius 1 is 1.53 bits per heavy atom. The van der Waals surface area contributed by atoms with Crippen LogP contribution in [0.2, 0.25) is 0 Å². The molecule has 1 fully saturated rings. The molecule has 0 spiro atoms. The summed E-state index contributed by atoms with van der Waals surface area (Å²) in [5.74, 6) is 0.0986. The number of hydrogen-bond acceptors (Lipinski definition) is 4. The molecule has 1 atom stereocenters. The first kappa shape index (κ1) is 14.4. The van der Waals surface area contributed by atoms with Crippen molar-refractivity contribution in [3.8, 4) is 0 Å². The molecule has 0 aromatic rings. The van der Waals surface area contributed by atoms with Crippen LogP contribution < -0.4 is 10.6 Å². The molecule has 5 heteroatoms. The normalized spacial score (nSPS) is 21.4. The van der Waals surface area contributed by atoms with Gasteiger partial charge in [0.25, 0.3) is 0 Å². The molecule has 0 aromatic carbocycles. The number of likely N-dealkylation sites (N-methyl/N-ethyl adjacent to an activating group) is 1. The van der Waals surface area contributed by atoms with Crippen LogP contribution in [0.5, 0.6) is 0 Å². The van der Waals surface area contributed by atoms with Gasteiger partial charge in [0.2, 0.25) is 5.91 Å². The number of hydrogen-bond donors (Lipinski definition) is 2. The van der Waals surface area contributed by atoms with Gasteiger partial charge >= 0.3 is 0 Å².